The normalized spacial score (nSPS) is 11.2. The molecule has 1 amide bonds. The van der Waals surface area contributed by atoms with Crippen molar-refractivity contribution in [2.75, 3.05) is 12.4 Å². The molecule has 2 N–H and O–H groups in total. The molecule has 24 heavy (non-hydrogen) atoms. The maximum absolute atomic E-state index is 12.5. The quantitative estimate of drug-likeness (QED) is 0.879. The number of aromatic carboxylic acids is 1. The summed E-state index contributed by atoms with van der Waals surface area (Å²) in [5.41, 5.74) is 1.06. The molecule has 0 saturated heterocycles. The van der Waals surface area contributed by atoms with Crippen molar-refractivity contribution in [2.24, 2.45) is 0 Å². The zero-order valence-corrected chi connectivity index (χ0v) is 15.1. The van der Waals surface area contributed by atoms with E-state index in [-0.39, 0.29) is 22.6 Å². The van der Waals surface area contributed by atoms with Crippen molar-refractivity contribution in [1.29, 1.82) is 0 Å². The minimum atomic E-state index is -1.09. The monoisotopic (exact) mass is 348 g/mol. The fraction of sp³-hybridized carbons (Fsp3) is 0.353. The Hall–Kier alpha value is -2.41. The summed E-state index contributed by atoms with van der Waals surface area (Å²) in [6.45, 7) is 7.93. The number of benzene rings is 1. The van der Waals surface area contributed by atoms with Crippen molar-refractivity contribution >= 4 is 28.9 Å². The summed E-state index contributed by atoms with van der Waals surface area (Å²) in [7, 11) is 1.39. The fourth-order valence-corrected chi connectivity index (χ4v) is 3.08. The topological polar surface area (TPSA) is 88.5 Å². The molecule has 0 aliphatic carbocycles. The Kier molecular flexibility index (Phi) is 4.94. The van der Waals surface area contributed by atoms with Crippen LogP contribution in [0, 0.1) is 6.92 Å². The first-order valence-electron chi connectivity index (χ1n) is 7.34. The third-order valence-electron chi connectivity index (χ3n) is 3.33. The van der Waals surface area contributed by atoms with Crippen LogP contribution in [0.2, 0.25) is 0 Å². The number of carbonyl (C=O) groups excluding carboxylic acids is 1. The fourth-order valence-electron chi connectivity index (χ4n) is 2.06. The van der Waals surface area contributed by atoms with E-state index >= 15 is 0 Å². The Balaban J connectivity index is 2.27. The molecule has 0 unspecified atom stereocenters. The van der Waals surface area contributed by atoms with Crippen molar-refractivity contribution < 1.29 is 19.4 Å². The molecule has 6 nitrogen and oxygen atoms in total. The van der Waals surface area contributed by atoms with E-state index in [4.69, 9.17) is 9.84 Å². The van der Waals surface area contributed by atoms with Gasteiger partial charge in [-0.25, -0.2) is 9.78 Å². The molecular weight excluding hydrogens is 328 g/mol. The Morgan fingerprint density at radius 2 is 1.96 bits per heavy atom. The zero-order valence-electron chi connectivity index (χ0n) is 14.3. The summed E-state index contributed by atoms with van der Waals surface area (Å²) in [6.07, 6.45) is 0. The molecule has 0 bridgehead atoms. The molecule has 128 valence electrons. The lowest BCUT2D eigenvalue weighted by Crippen LogP contribution is -2.12. The van der Waals surface area contributed by atoms with E-state index < -0.39 is 5.97 Å². The van der Waals surface area contributed by atoms with Gasteiger partial charge < -0.3 is 15.2 Å². The second-order valence-electron chi connectivity index (χ2n) is 6.36. The minimum absolute atomic E-state index is 0.0412. The Morgan fingerprint density at radius 3 is 2.46 bits per heavy atom. The third kappa shape index (κ3) is 3.73. The summed E-state index contributed by atoms with van der Waals surface area (Å²) >= 11 is 1.36. The number of thiazole rings is 1. The Morgan fingerprint density at radius 1 is 1.29 bits per heavy atom. The number of nitrogens with one attached hydrogen (secondary N) is 1. The van der Waals surface area contributed by atoms with Crippen LogP contribution in [0.5, 0.6) is 5.75 Å². The second-order valence-corrected chi connectivity index (χ2v) is 7.36. The number of ether oxygens (including phenoxy) is 1. The number of carbonyl (C=O) groups is 2. The van der Waals surface area contributed by atoms with E-state index in [2.05, 4.69) is 10.3 Å². The van der Waals surface area contributed by atoms with Gasteiger partial charge in [0, 0.05) is 17.2 Å². The number of aryl methyl sites for hydroxylation is 1. The first-order chi connectivity index (χ1) is 11.1. The first kappa shape index (κ1) is 17.9. The molecule has 0 saturated carbocycles. The van der Waals surface area contributed by atoms with Crippen LogP contribution in [-0.4, -0.2) is 29.1 Å². The van der Waals surface area contributed by atoms with Gasteiger partial charge in [0.25, 0.3) is 5.91 Å². The number of rotatable bonds is 4. The number of nitrogens with zero attached hydrogens (tertiary/aromatic N) is 1. The predicted molar refractivity (Wildman–Crippen MR) is 93.5 cm³/mol. The van der Waals surface area contributed by atoms with E-state index in [9.17, 15) is 9.59 Å². The lowest BCUT2D eigenvalue weighted by atomic mass is 9.98. The highest BCUT2D eigenvalue weighted by Gasteiger charge is 2.23. The van der Waals surface area contributed by atoms with Gasteiger partial charge in [0.15, 0.2) is 0 Å². The number of hydrogen-bond acceptors (Lipinski definition) is 5. The van der Waals surface area contributed by atoms with Gasteiger partial charge >= 0.3 is 5.97 Å². The van der Waals surface area contributed by atoms with Crippen LogP contribution in [0.4, 0.5) is 5.69 Å². The van der Waals surface area contributed by atoms with Gasteiger partial charge in [-0.3, -0.25) is 4.79 Å². The Bertz CT molecular complexity index is 790. The maximum Gasteiger partial charge on any atom is 0.339 e. The first-order valence-corrected chi connectivity index (χ1v) is 8.15. The van der Waals surface area contributed by atoms with Crippen LogP contribution < -0.4 is 10.1 Å². The van der Waals surface area contributed by atoms with E-state index in [1.807, 2.05) is 20.8 Å². The standard InChI is InChI=1S/C17H20N2O4S/c1-9-13(24-16(18-9)17(2,3)4)14(20)19-10-6-7-11(15(21)22)12(8-10)23-5/h6-8H,1-5H3,(H,19,20)(H,21,22). The predicted octanol–water partition coefficient (Wildman–Crippen LogP) is 3.71. The highest BCUT2D eigenvalue weighted by molar-refractivity contribution is 7.14. The van der Waals surface area contributed by atoms with Crippen LogP contribution in [0.25, 0.3) is 0 Å². The molecule has 2 aromatic rings. The zero-order chi connectivity index (χ0) is 18.1. The summed E-state index contributed by atoms with van der Waals surface area (Å²) in [5, 5.41) is 12.7. The summed E-state index contributed by atoms with van der Waals surface area (Å²) in [4.78, 5) is 28.6. The largest absolute Gasteiger partial charge is 0.496 e. The number of amides is 1. The van der Waals surface area contributed by atoms with Gasteiger partial charge in [-0.15, -0.1) is 11.3 Å². The van der Waals surface area contributed by atoms with Crippen LogP contribution in [0.3, 0.4) is 0 Å². The van der Waals surface area contributed by atoms with Gasteiger partial charge in [0.05, 0.1) is 17.8 Å². The van der Waals surface area contributed by atoms with Crippen molar-refractivity contribution in [3.63, 3.8) is 0 Å². The smallest absolute Gasteiger partial charge is 0.339 e. The Labute approximate surface area is 144 Å². The van der Waals surface area contributed by atoms with Gasteiger partial charge in [0.2, 0.25) is 0 Å². The van der Waals surface area contributed by atoms with Gasteiger partial charge in [-0.2, -0.15) is 0 Å². The molecule has 2 rings (SSSR count). The van der Waals surface area contributed by atoms with Gasteiger partial charge in [-0.1, -0.05) is 20.8 Å². The van der Waals surface area contributed by atoms with Crippen molar-refractivity contribution in [3.8, 4) is 5.75 Å². The van der Waals surface area contributed by atoms with Gasteiger partial charge in [0.1, 0.15) is 16.2 Å². The third-order valence-corrected chi connectivity index (χ3v) is 4.92. The van der Waals surface area contributed by atoms with Crippen LogP contribution in [0.15, 0.2) is 18.2 Å². The minimum Gasteiger partial charge on any atom is -0.496 e. The molecule has 1 aromatic heterocycles. The number of anilines is 1. The van der Waals surface area contributed by atoms with Crippen molar-refractivity contribution in [1.82, 2.24) is 4.98 Å². The van der Waals surface area contributed by atoms with Gasteiger partial charge in [-0.05, 0) is 19.1 Å². The average Bonchev–Trinajstić information content (AvgIpc) is 2.89. The number of carboxylic acids is 1. The summed E-state index contributed by atoms with van der Waals surface area (Å²) in [5.74, 6) is -1.17. The van der Waals surface area contributed by atoms with Crippen LogP contribution in [0.1, 0.15) is 51.5 Å². The lowest BCUT2D eigenvalue weighted by molar-refractivity contribution is 0.0693. The molecular formula is C17H20N2O4S. The van der Waals surface area contributed by atoms with Crippen molar-refractivity contribution in [3.05, 3.63) is 39.3 Å². The molecule has 0 atom stereocenters. The molecule has 0 radical (unpaired) electrons. The number of hydrogen-bond donors (Lipinski definition) is 2. The molecule has 7 heteroatoms. The highest BCUT2D eigenvalue weighted by Crippen LogP contribution is 2.30. The second kappa shape index (κ2) is 6.60. The molecule has 0 aliphatic rings. The summed E-state index contributed by atoms with van der Waals surface area (Å²) < 4.78 is 5.07. The van der Waals surface area contributed by atoms with Crippen LogP contribution >= 0.6 is 11.3 Å². The average molecular weight is 348 g/mol. The number of aromatic nitrogens is 1. The van der Waals surface area contributed by atoms with E-state index in [1.165, 1.54) is 36.6 Å². The van der Waals surface area contributed by atoms with E-state index in [1.54, 1.807) is 6.92 Å². The molecule has 0 aliphatic heterocycles. The molecule has 1 aromatic carbocycles. The SMILES string of the molecule is COc1cc(NC(=O)c2sc(C(C)(C)C)nc2C)ccc1C(=O)O. The maximum atomic E-state index is 12.5. The molecule has 0 spiro atoms. The van der Waals surface area contributed by atoms with Crippen molar-refractivity contribution in [2.45, 2.75) is 33.1 Å². The molecule has 0 fully saturated rings. The van der Waals surface area contributed by atoms with E-state index in [0.29, 0.717) is 16.3 Å². The van der Waals surface area contributed by atoms with E-state index in [0.717, 1.165) is 5.01 Å². The summed E-state index contributed by atoms with van der Waals surface area (Å²) in [6, 6.07) is 4.42. The highest BCUT2D eigenvalue weighted by atomic mass is 32.1. The number of carboxylic acid groups (broad SMARTS) is 1. The van der Waals surface area contributed by atoms with Crippen LogP contribution in [-0.2, 0) is 5.41 Å². The number of methoxy groups -OCH3 is 1. The molecule has 1 heterocycles. The lowest BCUT2D eigenvalue weighted by Gasteiger charge is -2.13.